The molecule has 0 aliphatic rings. The third kappa shape index (κ3) is 2.27. The second-order valence-corrected chi connectivity index (χ2v) is 3.04. The number of halogens is 4. The van der Waals surface area contributed by atoms with E-state index in [1.54, 1.807) is 0 Å². The van der Waals surface area contributed by atoms with E-state index < -0.39 is 29.8 Å². The first kappa shape index (κ1) is 12.8. The van der Waals surface area contributed by atoms with E-state index in [9.17, 15) is 18.0 Å². The Balaban J connectivity index is 3.35. The molecule has 0 saturated heterocycles. The molecular formula is C9H7ClF3NO2. The van der Waals surface area contributed by atoms with E-state index >= 15 is 0 Å². The standard InChI is InChI=1S/C9H7ClF3NO2/c1-16-9(15)5-3-14-7(8(12)13)6(11)4(5)2-10/h3,8H,2H2,1H3. The summed E-state index contributed by atoms with van der Waals surface area (Å²) in [4.78, 5) is 14.3. The minimum atomic E-state index is -3.06. The average molecular weight is 254 g/mol. The predicted octanol–water partition coefficient (Wildman–Crippen LogP) is 2.68. The number of alkyl halides is 3. The van der Waals surface area contributed by atoms with Gasteiger partial charge in [0, 0.05) is 11.8 Å². The van der Waals surface area contributed by atoms with Gasteiger partial charge in [-0.15, -0.1) is 11.6 Å². The molecule has 0 amide bonds. The molecule has 1 heterocycles. The van der Waals surface area contributed by atoms with Gasteiger partial charge in [-0.05, 0) is 0 Å². The Labute approximate surface area is 94.2 Å². The van der Waals surface area contributed by atoms with Crippen LogP contribution in [0, 0.1) is 5.82 Å². The molecule has 0 radical (unpaired) electrons. The number of esters is 1. The van der Waals surface area contributed by atoms with Gasteiger partial charge in [0.25, 0.3) is 6.43 Å². The maximum atomic E-state index is 13.4. The second-order valence-electron chi connectivity index (χ2n) is 2.78. The molecule has 0 fully saturated rings. The lowest BCUT2D eigenvalue weighted by Crippen LogP contribution is -2.10. The van der Waals surface area contributed by atoms with Crippen molar-refractivity contribution in [2.45, 2.75) is 12.3 Å². The van der Waals surface area contributed by atoms with Crippen LogP contribution >= 0.6 is 11.6 Å². The van der Waals surface area contributed by atoms with Crippen LogP contribution in [0.4, 0.5) is 13.2 Å². The zero-order chi connectivity index (χ0) is 12.3. The van der Waals surface area contributed by atoms with Crippen molar-refractivity contribution in [3.63, 3.8) is 0 Å². The molecule has 0 spiro atoms. The van der Waals surface area contributed by atoms with E-state index in [0.29, 0.717) is 0 Å². The van der Waals surface area contributed by atoms with Crippen LogP contribution in [-0.4, -0.2) is 18.1 Å². The molecule has 7 heteroatoms. The summed E-state index contributed by atoms with van der Waals surface area (Å²) in [6.07, 6.45) is -2.23. The monoisotopic (exact) mass is 253 g/mol. The third-order valence-electron chi connectivity index (χ3n) is 1.89. The van der Waals surface area contributed by atoms with Crippen LogP contribution in [0.5, 0.6) is 0 Å². The van der Waals surface area contributed by atoms with Crippen LogP contribution in [0.3, 0.4) is 0 Å². The fraction of sp³-hybridized carbons (Fsp3) is 0.333. The number of rotatable bonds is 3. The maximum absolute atomic E-state index is 13.4. The number of methoxy groups -OCH3 is 1. The number of carbonyl (C=O) groups excluding carboxylic acids is 1. The molecule has 16 heavy (non-hydrogen) atoms. The van der Waals surface area contributed by atoms with E-state index in [1.165, 1.54) is 0 Å². The highest BCUT2D eigenvalue weighted by Gasteiger charge is 2.23. The smallest absolute Gasteiger partial charge is 0.339 e. The lowest BCUT2D eigenvalue weighted by molar-refractivity contribution is 0.0597. The predicted molar refractivity (Wildman–Crippen MR) is 50.0 cm³/mol. The number of hydrogen-bond donors (Lipinski definition) is 0. The molecule has 0 aliphatic heterocycles. The molecular weight excluding hydrogens is 247 g/mol. The Bertz CT molecular complexity index is 412. The van der Waals surface area contributed by atoms with Gasteiger partial charge in [0.2, 0.25) is 0 Å². The van der Waals surface area contributed by atoms with Gasteiger partial charge < -0.3 is 4.74 Å². The molecule has 0 N–H and O–H groups in total. The summed E-state index contributed by atoms with van der Waals surface area (Å²) in [6, 6.07) is 0. The number of carbonyl (C=O) groups is 1. The normalized spacial score (nSPS) is 10.6. The van der Waals surface area contributed by atoms with Crippen molar-refractivity contribution in [3.8, 4) is 0 Å². The van der Waals surface area contributed by atoms with Crippen molar-refractivity contribution < 1.29 is 22.7 Å². The van der Waals surface area contributed by atoms with E-state index in [1.807, 2.05) is 0 Å². The van der Waals surface area contributed by atoms with Crippen molar-refractivity contribution in [2.24, 2.45) is 0 Å². The van der Waals surface area contributed by atoms with E-state index in [-0.39, 0.29) is 11.1 Å². The van der Waals surface area contributed by atoms with E-state index in [4.69, 9.17) is 11.6 Å². The molecule has 0 bridgehead atoms. The molecule has 1 aromatic heterocycles. The maximum Gasteiger partial charge on any atom is 0.339 e. The first-order valence-electron chi connectivity index (χ1n) is 4.12. The van der Waals surface area contributed by atoms with E-state index in [0.717, 1.165) is 13.3 Å². The van der Waals surface area contributed by atoms with Gasteiger partial charge in [0.15, 0.2) is 5.82 Å². The van der Waals surface area contributed by atoms with Crippen molar-refractivity contribution in [1.82, 2.24) is 4.98 Å². The van der Waals surface area contributed by atoms with Crippen molar-refractivity contribution in [2.75, 3.05) is 7.11 Å². The number of aromatic nitrogens is 1. The van der Waals surface area contributed by atoms with Gasteiger partial charge in [-0.3, -0.25) is 4.98 Å². The van der Waals surface area contributed by atoms with Crippen LogP contribution in [0.25, 0.3) is 0 Å². The highest BCUT2D eigenvalue weighted by molar-refractivity contribution is 6.17. The first-order valence-corrected chi connectivity index (χ1v) is 4.66. The fourth-order valence-electron chi connectivity index (χ4n) is 1.11. The van der Waals surface area contributed by atoms with Gasteiger partial charge >= 0.3 is 5.97 Å². The Morgan fingerprint density at radius 2 is 2.25 bits per heavy atom. The minimum Gasteiger partial charge on any atom is -0.465 e. The summed E-state index contributed by atoms with van der Waals surface area (Å²) >= 11 is 5.39. The summed E-state index contributed by atoms with van der Waals surface area (Å²) in [5.74, 6) is -2.56. The van der Waals surface area contributed by atoms with Gasteiger partial charge in [-0.25, -0.2) is 18.0 Å². The van der Waals surface area contributed by atoms with Gasteiger partial charge in [0.1, 0.15) is 5.69 Å². The lowest BCUT2D eigenvalue weighted by atomic mass is 10.1. The van der Waals surface area contributed by atoms with Crippen LogP contribution in [0.1, 0.15) is 28.0 Å². The van der Waals surface area contributed by atoms with Gasteiger partial charge in [-0.2, -0.15) is 0 Å². The van der Waals surface area contributed by atoms with Gasteiger partial charge in [-0.1, -0.05) is 0 Å². The van der Waals surface area contributed by atoms with Crippen LogP contribution in [0.15, 0.2) is 6.20 Å². The largest absolute Gasteiger partial charge is 0.465 e. The number of pyridine rings is 1. The summed E-state index contributed by atoms with van der Waals surface area (Å²) < 4.78 is 42.4. The zero-order valence-corrected chi connectivity index (χ0v) is 8.89. The molecule has 0 atom stereocenters. The number of ether oxygens (including phenoxy) is 1. The zero-order valence-electron chi connectivity index (χ0n) is 8.14. The third-order valence-corrected chi connectivity index (χ3v) is 2.16. The van der Waals surface area contributed by atoms with Crippen LogP contribution < -0.4 is 0 Å². The molecule has 0 saturated carbocycles. The second kappa shape index (κ2) is 5.16. The van der Waals surface area contributed by atoms with Crippen LogP contribution in [0.2, 0.25) is 0 Å². The first-order chi connectivity index (χ1) is 7.52. The molecule has 0 aliphatic carbocycles. The van der Waals surface area contributed by atoms with E-state index in [2.05, 4.69) is 9.72 Å². The molecule has 1 aromatic rings. The molecule has 1 rings (SSSR count). The van der Waals surface area contributed by atoms with Crippen LogP contribution in [-0.2, 0) is 10.6 Å². The number of hydrogen-bond acceptors (Lipinski definition) is 3. The highest BCUT2D eigenvalue weighted by atomic mass is 35.5. The van der Waals surface area contributed by atoms with Crippen molar-refractivity contribution in [1.29, 1.82) is 0 Å². The summed E-state index contributed by atoms with van der Waals surface area (Å²) in [5, 5.41) is 0. The summed E-state index contributed by atoms with van der Waals surface area (Å²) in [5.41, 5.74) is -1.61. The van der Waals surface area contributed by atoms with Crippen molar-refractivity contribution in [3.05, 3.63) is 28.8 Å². The Hall–Kier alpha value is -1.30. The molecule has 0 unspecified atom stereocenters. The molecule has 0 aromatic carbocycles. The molecule has 3 nitrogen and oxygen atoms in total. The van der Waals surface area contributed by atoms with Gasteiger partial charge in [0.05, 0.1) is 18.6 Å². The summed E-state index contributed by atoms with van der Waals surface area (Å²) in [6.45, 7) is 0. The Morgan fingerprint density at radius 1 is 1.62 bits per heavy atom. The SMILES string of the molecule is COC(=O)c1cnc(C(F)F)c(F)c1CCl. The molecule has 88 valence electrons. The topological polar surface area (TPSA) is 39.2 Å². The summed E-state index contributed by atoms with van der Waals surface area (Å²) in [7, 11) is 1.08. The lowest BCUT2D eigenvalue weighted by Gasteiger charge is -2.09. The average Bonchev–Trinajstić information content (AvgIpc) is 2.26. The Morgan fingerprint density at radius 3 is 2.69 bits per heavy atom. The van der Waals surface area contributed by atoms with Crippen molar-refractivity contribution >= 4 is 17.6 Å². The highest BCUT2D eigenvalue weighted by Crippen LogP contribution is 2.25. The Kier molecular flexibility index (Phi) is 4.12. The minimum absolute atomic E-state index is 0.251. The fourth-order valence-corrected chi connectivity index (χ4v) is 1.37. The quantitative estimate of drug-likeness (QED) is 0.614. The number of nitrogens with zero attached hydrogens (tertiary/aromatic N) is 1.